The van der Waals surface area contributed by atoms with E-state index < -0.39 is 0 Å². The second-order valence-electron chi connectivity index (χ2n) is 3.34. The van der Waals surface area contributed by atoms with Crippen LogP contribution in [0.2, 0.25) is 0 Å². The predicted octanol–water partition coefficient (Wildman–Crippen LogP) is 4.59. The Kier molecular flexibility index (Phi) is 6.47. The summed E-state index contributed by atoms with van der Waals surface area (Å²) in [6.45, 7) is 15.7. The van der Waals surface area contributed by atoms with Crippen molar-refractivity contribution in [2.45, 2.75) is 26.7 Å². The van der Waals surface area contributed by atoms with Crippen LogP contribution in [0.4, 0.5) is 0 Å². The molecule has 0 aromatic rings. The summed E-state index contributed by atoms with van der Waals surface area (Å²) < 4.78 is 0. The lowest BCUT2D eigenvalue weighted by Crippen LogP contribution is -1.85. The molecule has 0 heteroatoms. The fourth-order valence-corrected chi connectivity index (χ4v) is 0.969. The van der Waals surface area contributed by atoms with E-state index in [1.165, 1.54) is 11.1 Å². The maximum atomic E-state index is 4.04. The Morgan fingerprint density at radius 1 is 1.21 bits per heavy atom. The van der Waals surface area contributed by atoms with E-state index in [4.69, 9.17) is 0 Å². The Bertz CT molecular complexity index is 274. The molecular formula is C14H20. The second kappa shape index (κ2) is 7.14. The summed E-state index contributed by atoms with van der Waals surface area (Å²) >= 11 is 0. The molecule has 0 aliphatic carbocycles. The number of hydrogen-bond acceptors (Lipinski definition) is 0. The smallest absolute Gasteiger partial charge is 0.0242 e. The van der Waals surface area contributed by atoms with Crippen LogP contribution in [0, 0.1) is 0 Å². The van der Waals surface area contributed by atoms with Crippen molar-refractivity contribution in [3.63, 3.8) is 0 Å². The molecule has 0 fully saturated rings. The van der Waals surface area contributed by atoms with Crippen LogP contribution in [0.25, 0.3) is 0 Å². The van der Waals surface area contributed by atoms with E-state index >= 15 is 0 Å². The molecular weight excluding hydrogens is 168 g/mol. The molecule has 0 N–H and O–H groups in total. The van der Waals surface area contributed by atoms with Crippen molar-refractivity contribution in [3.05, 3.63) is 60.8 Å². The van der Waals surface area contributed by atoms with Gasteiger partial charge in [-0.2, -0.15) is 0 Å². The summed E-state index contributed by atoms with van der Waals surface area (Å²) in [4.78, 5) is 0. The number of rotatable bonds is 6. The molecule has 0 heterocycles. The van der Waals surface area contributed by atoms with Crippen LogP contribution >= 0.6 is 0 Å². The fraction of sp³-hybridized carbons (Fsp3) is 0.286. The Labute approximate surface area is 88.0 Å². The van der Waals surface area contributed by atoms with E-state index in [1.54, 1.807) is 6.08 Å². The third-order valence-corrected chi connectivity index (χ3v) is 2.13. The molecule has 0 aromatic carbocycles. The van der Waals surface area contributed by atoms with Gasteiger partial charge in [0.15, 0.2) is 0 Å². The molecule has 0 nitrogen and oxygen atoms in total. The molecule has 76 valence electrons. The number of allylic oxidation sites excluding steroid dienone is 7. The van der Waals surface area contributed by atoms with E-state index in [1.807, 2.05) is 19.1 Å². The highest BCUT2D eigenvalue weighted by Gasteiger charge is 1.96. The molecule has 0 rings (SSSR count). The van der Waals surface area contributed by atoms with Crippen LogP contribution in [-0.2, 0) is 0 Å². The molecule has 0 atom stereocenters. The van der Waals surface area contributed by atoms with E-state index in [2.05, 4.69) is 32.7 Å². The zero-order chi connectivity index (χ0) is 11.0. The lowest BCUT2D eigenvalue weighted by atomic mass is 10.0. The van der Waals surface area contributed by atoms with E-state index in [0.29, 0.717) is 0 Å². The van der Waals surface area contributed by atoms with Gasteiger partial charge >= 0.3 is 0 Å². The highest BCUT2D eigenvalue weighted by molar-refractivity contribution is 5.30. The molecule has 0 aromatic heterocycles. The van der Waals surface area contributed by atoms with Gasteiger partial charge in [0.2, 0.25) is 0 Å². The van der Waals surface area contributed by atoms with Crippen molar-refractivity contribution >= 4 is 0 Å². The van der Waals surface area contributed by atoms with Crippen LogP contribution in [0.3, 0.4) is 0 Å². The Morgan fingerprint density at radius 3 is 2.36 bits per heavy atom. The zero-order valence-electron chi connectivity index (χ0n) is 9.34. The van der Waals surface area contributed by atoms with Crippen LogP contribution in [0.15, 0.2) is 60.8 Å². The van der Waals surface area contributed by atoms with Crippen molar-refractivity contribution in [2.24, 2.45) is 0 Å². The third kappa shape index (κ3) is 5.36. The van der Waals surface area contributed by atoms with Gasteiger partial charge in [0, 0.05) is 0 Å². The molecule has 0 aliphatic heterocycles. The fourth-order valence-electron chi connectivity index (χ4n) is 0.969. The van der Waals surface area contributed by atoms with Crippen LogP contribution < -0.4 is 0 Å². The van der Waals surface area contributed by atoms with Gasteiger partial charge in [-0.15, -0.1) is 0 Å². The summed E-state index contributed by atoms with van der Waals surface area (Å²) in [6, 6.07) is 0. The summed E-state index contributed by atoms with van der Waals surface area (Å²) in [5, 5.41) is 0. The molecule has 0 bridgehead atoms. The SMILES string of the molecule is C=CC(=C)CCC(=C)C(C)=CC=CC. The first-order valence-electron chi connectivity index (χ1n) is 4.89. The Morgan fingerprint density at radius 2 is 1.86 bits per heavy atom. The second-order valence-corrected chi connectivity index (χ2v) is 3.34. The standard InChI is InChI=1S/C14H20/c1-6-8-9-13(4)14(5)11-10-12(3)7-2/h6-9H,2-3,5,10-11H2,1,4H3. The largest absolute Gasteiger partial charge is 0.0988 e. The van der Waals surface area contributed by atoms with Gasteiger partial charge in [-0.1, -0.05) is 55.2 Å². The summed E-state index contributed by atoms with van der Waals surface area (Å²) in [5.41, 5.74) is 3.48. The lowest BCUT2D eigenvalue weighted by Gasteiger charge is -2.05. The topological polar surface area (TPSA) is 0 Å². The molecule has 14 heavy (non-hydrogen) atoms. The van der Waals surface area contributed by atoms with Gasteiger partial charge in [-0.3, -0.25) is 0 Å². The summed E-state index contributed by atoms with van der Waals surface area (Å²) in [7, 11) is 0. The Balaban J connectivity index is 4.08. The summed E-state index contributed by atoms with van der Waals surface area (Å²) in [5.74, 6) is 0. The van der Waals surface area contributed by atoms with Crippen molar-refractivity contribution in [1.82, 2.24) is 0 Å². The Hall–Kier alpha value is -1.30. The molecule has 0 aliphatic rings. The first-order chi connectivity index (χ1) is 6.61. The van der Waals surface area contributed by atoms with Gasteiger partial charge < -0.3 is 0 Å². The highest BCUT2D eigenvalue weighted by Crippen LogP contribution is 2.16. The highest BCUT2D eigenvalue weighted by atomic mass is 14.0. The van der Waals surface area contributed by atoms with E-state index in [-0.39, 0.29) is 0 Å². The summed E-state index contributed by atoms with van der Waals surface area (Å²) in [6.07, 6.45) is 9.84. The minimum Gasteiger partial charge on any atom is -0.0988 e. The molecule has 0 saturated heterocycles. The maximum Gasteiger partial charge on any atom is -0.0242 e. The third-order valence-electron chi connectivity index (χ3n) is 2.13. The van der Waals surface area contributed by atoms with Gasteiger partial charge in [0.25, 0.3) is 0 Å². The molecule has 0 spiro atoms. The van der Waals surface area contributed by atoms with Gasteiger partial charge in [-0.05, 0) is 32.3 Å². The minimum absolute atomic E-state index is 0.948. The van der Waals surface area contributed by atoms with E-state index in [0.717, 1.165) is 18.4 Å². The first-order valence-corrected chi connectivity index (χ1v) is 4.89. The van der Waals surface area contributed by atoms with Crippen LogP contribution in [-0.4, -0.2) is 0 Å². The molecule has 0 unspecified atom stereocenters. The van der Waals surface area contributed by atoms with Gasteiger partial charge in [0.1, 0.15) is 0 Å². The first kappa shape index (κ1) is 12.7. The average molecular weight is 188 g/mol. The van der Waals surface area contributed by atoms with Crippen LogP contribution in [0.5, 0.6) is 0 Å². The van der Waals surface area contributed by atoms with Crippen molar-refractivity contribution < 1.29 is 0 Å². The molecule has 0 radical (unpaired) electrons. The zero-order valence-corrected chi connectivity index (χ0v) is 9.34. The van der Waals surface area contributed by atoms with Crippen LogP contribution in [0.1, 0.15) is 26.7 Å². The van der Waals surface area contributed by atoms with Gasteiger partial charge in [0.05, 0.1) is 0 Å². The normalized spacial score (nSPS) is 11.7. The number of hydrogen-bond donors (Lipinski definition) is 0. The quantitative estimate of drug-likeness (QED) is 0.535. The van der Waals surface area contributed by atoms with Crippen molar-refractivity contribution in [1.29, 1.82) is 0 Å². The van der Waals surface area contributed by atoms with E-state index in [9.17, 15) is 0 Å². The maximum absolute atomic E-state index is 4.04. The predicted molar refractivity (Wildman–Crippen MR) is 66.3 cm³/mol. The minimum atomic E-state index is 0.948. The average Bonchev–Trinajstić information content (AvgIpc) is 2.21. The van der Waals surface area contributed by atoms with Gasteiger partial charge in [-0.25, -0.2) is 0 Å². The molecule has 0 saturated carbocycles. The van der Waals surface area contributed by atoms with Crippen molar-refractivity contribution in [2.75, 3.05) is 0 Å². The lowest BCUT2D eigenvalue weighted by molar-refractivity contribution is 0.961. The monoisotopic (exact) mass is 188 g/mol. The van der Waals surface area contributed by atoms with Crippen molar-refractivity contribution in [3.8, 4) is 0 Å². The molecule has 0 amide bonds.